The zero-order valence-corrected chi connectivity index (χ0v) is 25.3. The van der Waals surface area contributed by atoms with Gasteiger partial charge in [-0.15, -0.1) is 0 Å². The first-order valence-corrected chi connectivity index (χ1v) is 13.9. The molecule has 0 aliphatic rings. The van der Waals surface area contributed by atoms with E-state index in [0.29, 0.717) is 0 Å². The highest BCUT2D eigenvalue weighted by Gasteiger charge is 2.27. The van der Waals surface area contributed by atoms with E-state index in [1.165, 1.54) is 0 Å². The predicted molar refractivity (Wildman–Crippen MR) is 150 cm³/mol. The van der Waals surface area contributed by atoms with Gasteiger partial charge in [0.1, 0.15) is 11.5 Å². The number of phenols is 2. The highest BCUT2D eigenvalue weighted by molar-refractivity contribution is 7.33. The third-order valence-electron chi connectivity index (χ3n) is 6.37. The van der Waals surface area contributed by atoms with Crippen molar-refractivity contribution in [2.45, 2.75) is 118 Å². The molecule has 0 unspecified atom stereocenters. The van der Waals surface area contributed by atoms with Crippen LogP contribution in [0.3, 0.4) is 0 Å². The van der Waals surface area contributed by atoms with Gasteiger partial charge in [0.2, 0.25) is 0 Å². The van der Waals surface area contributed by atoms with Crippen LogP contribution in [0, 0.1) is 0 Å². The standard InChI is InChI=1S/C30H47O5P/c1-27(2,3)21-15-25(31)23(29(7,8)9)13-19(21)17-34-36(33)35-18-20-14-24(30(10,11)12)26(32)16-22(20)28(4,5)6/h13-16,31-32,36H,17-18H2,1-12H3. The monoisotopic (exact) mass is 518 g/mol. The van der Waals surface area contributed by atoms with E-state index < -0.39 is 8.25 Å². The van der Waals surface area contributed by atoms with Gasteiger partial charge >= 0.3 is 8.25 Å². The molecule has 0 fully saturated rings. The van der Waals surface area contributed by atoms with E-state index in [0.717, 1.165) is 33.4 Å². The lowest BCUT2D eigenvalue weighted by atomic mass is 9.79. The van der Waals surface area contributed by atoms with Gasteiger partial charge in [0, 0.05) is 0 Å². The molecule has 0 atom stereocenters. The molecule has 0 aliphatic carbocycles. The Hall–Kier alpha value is -1.81. The SMILES string of the molecule is CC(C)(C)c1cc(CO[PH](=O)OCc2cc(C(C)(C)C)c(O)cc2C(C)(C)C)c(C(C)(C)C)cc1O. The maximum absolute atomic E-state index is 12.9. The van der Waals surface area contributed by atoms with Crippen LogP contribution in [0.5, 0.6) is 11.5 Å². The molecule has 2 aromatic rings. The maximum atomic E-state index is 12.9. The van der Waals surface area contributed by atoms with Gasteiger partial charge in [0.25, 0.3) is 0 Å². The number of rotatable bonds is 6. The summed E-state index contributed by atoms with van der Waals surface area (Å²) in [5, 5.41) is 21.3. The molecule has 0 amide bonds. The molecule has 0 aliphatic heterocycles. The van der Waals surface area contributed by atoms with Crippen molar-refractivity contribution < 1.29 is 23.8 Å². The Kier molecular flexibility index (Phi) is 8.88. The first-order chi connectivity index (χ1) is 16.1. The molecule has 0 aromatic heterocycles. The van der Waals surface area contributed by atoms with E-state index in [1.807, 2.05) is 53.7 Å². The molecule has 36 heavy (non-hydrogen) atoms. The number of aromatic hydroxyl groups is 2. The summed E-state index contributed by atoms with van der Waals surface area (Å²) < 4.78 is 24.3. The van der Waals surface area contributed by atoms with Gasteiger partial charge in [-0.25, -0.2) is 0 Å². The van der Waals surface area contributed by atoms with Crippen molar-refractivity contribution in [1.82, 2.24) is 0 Å². The molecular weight excluding hydrogens is 471 g/mol. The second-order valence-electron chi connectivity index (χ2n) is 13.9. The van der Waals surface area contributed by atoms with Crippen molar-refractivity contribution in [3.8, 4) is 11.5 Å². The summed E-state index contributed by atoms with van der Waals surface area (Å²) in [7, 11) is -2.80. The summed E-state index contributed by atoms with van der Waals surface area (Å²) in [4.78, 5) is 0. The molecule has 0 spiro atoms. The zero-order chi connectivity index (χ0) is 27.9. The summed E-state index contributed by atoms with van der Waals surface area (Å²) in [6.07, 6.45) is 0. The lowest BCUT2D eigenvalue weighted by molar-refractivity contribution is 0.210. The van der Waals surface area contributed by atoms with Crippen LogP contribution < -0.4 is 0 Å². The van der Waals surface area contributed by atoms with E-state index in [-0.39, 0.29) is 46.4 Å². The molecule has 0 bridgehead atoms. The first kappa shape index (κ1) is 30.4. The number of hydrogen-bond acceptors (Lipinski definition) is 5. The topological polar surface area (TPSA) is 76.0 Å². The van der Waals surface area contributed by atoms with Crippen LogP contribution in [-0.2, 0) is 48.5 Å². The molecular formula is C30H47O5P. The molecule has 2 aromatic carbocycles. The fourth-order valence-electron chi connectivity index (χ4n) is 4.42. The Labute approximate surface area is 219 Å². The van der Waals surface area contributed by atoms with Crippen LogP contribution in [0.2, 0.25) is 0 Å². The van der Waals surface area contributed by atoms with Gasteiger partial charge in [0.15, 0.2) is 0 Å². The van der Waals surface area contributed by atoms with Crippen molar-refractivity contribution in [2.24, 2.45) is 0 Å². The van der Waals surface area contributed by atoms with Crippen LogP contribution >= 0.6 is 8.25 Å². The number of benzene rings is 2. The van der Waals surface area contributed by atoms with Crippen LogP contribution in [0.1, 0.15) is 116 Å². The average Bonchev–Trinajstić information content (AvgIpc) is 2.68. The van der Waals surface area contributed by atoms with Crippen LogP contribution in [-0.4, -0.2) is 10.2 Å². The third-order valence-corrected chi connectivity index (χ3v) is 7.13. The Morgan fingerprint density at radius 1 is 0.556 bits per heavy atom. The smallest absolute Gasteiger partial charge is 0.319 e. The minimum absolute atomic E-state index is 0.128. The highest BCUT2D eigenvalue weighted by atomic mass is 31.1. The van der Waals surface area contributed by atoms with Crippen molar-refractivity contribution in [2.75, 3.05) is 0 Å². The molecule has 202 valence electrons. The molecule has 5 nitrogen and oxygen atoms in total. The van der Waals surface area contributed by atoms with Gasteiger partial charge in [0.05, 0.1) is 13.2 Å². The Morgan fingerprint density at radius 3 is 1.08 bits per heavy atom. The predicted octanol–water partition coefficient (Wildman–Crippen LogP) is 8.41. The van der Waals surface area contributed by atoms with Crippen molar-refractivity contribution in [3.63, 3.8) is 0 Å². The fraction of sp³-hybridized carbons (Fsp3) is 0.600. The fourth-order valence-corrected chi connectivity index (χ4v) is 5.05. The van der Waals surface area contributed by atoms with E-state index >= 15 is 0 Å². The van der Waals surface area contributed by atoms with Crippen LogP contribution in [0.4, 0.5) is 0 Å². The molecule has 0 saturated carbocycles. The maximum Gasteiger partial charge on any atom is 0.319 e. The first-order valence-electron chi connectivity index (χ1n) is 12.7. The largest absolute Gasteiger partial charge is 0.508 e. The quantitative estimate of drug-likeness (QED) is 0.375. The minimum atomic E-state index is -2.80. The van der Waals surface area contributed by atoms with Crippen molar-refractivity contribution in [1.29, 1.82) is 0 Å². The van der Waals surface area contributed by atoms with Gasteiger partial charge in [-0.2, -0.15) is 0 Å². The Morgan fingerprint density at radius 2 is 0.833 bits per heavy atom. The molecule has 0 radical (unpaired) electrons. The number of hydrogen-bond donors (Lipinski definition) is 2. The lowest BCUT2D eigenvalue weighted by Crippen LogP contribution is -2.18. The van der Waals surface area contributed by atoms with E-state index in [9.17, 15) is 14.8 Å². The average molecular weight is 519 g/mol. The summed E-state index contributed by atoms with van der Waals surface area (Å²) >= 11 is 0. The Bertz CT molecular complexity index is 1020. The third kappa shape index (κ3) is 7.60. The van der Waals surface area contributed by atoms with E-state index in [4.69, 9.17) is 9.05 Å². The summed E-state index contributed by atoms with van der Waals surface area (Å²) in [6, 6.07) is 7.52. The van der Waals surface area contributed by atoms with Gasteiger partial charge in [-0.05, 0) is 79.3 Å². The van der Waals surface area contributed by atoms with Crippen molar-refractivity contribution >= 4 is 8.25 Å². The molecule has 6 heteroatoms. The second kappa shape index (κ2) is 10.5. The molecule has 0 heterocycles. The second-order valence-corrected chi connectivity index (χ2v) is 15.0. The summed E-state index contributed by atoms with van der Waals surface area (Å²) in [5.74, 6) is 0.522. The van der Waals surface area contributed by atoms with Crippen LogP contribution in [0.25, 0.3) is 0 Å². The van der Waals surface area contributed by atoms with E-state index in [1.54, 1.807) is 12.1 Å². The summed E-state index contributed by atoms with van der Waals surface area (Å²) in [5.41, 5.74) is 4.39. The summed E-state index contributed by atoms with van der Waals surface area (Å²) in [6.45, 7) is 25.0. The van der Waals surface area contributed by atoms with Gasteiger partial charge < -0.3 is 19.3 Å². The zero-order valence-electron chi connectivity index (χ0n) is 24.3. The van der Waals surface area contributed by atoms with Crippen molar-refractivity contribution in [3.05, 3.63) is 57.6 Å². The lowest BCUT2D eigenvalue weighted by Gasteiger charge is -2.28. The minimum Gasteiger partial charge on any atom is -0.508 e. The normalized spacial score (nSPS) is 13.5. The van der Waals surface area contributed by atoms with Gasteiger partial charge in [-0.3, -0.25) is 4.57 Å². The molecule has 2 N–H and O–H groups in total. The molecule has 2 rings (SSSR count). The van der Waals surface area contributed by atoms with Crippen LogP contribution in [0.15, 0.2) is 24.3 Å². The molecule has 0 saturated heterocycles. The Balaban J connectivity index is 2.29. The van der Waals surface area contributed by atoms with Gasteiger partial charge in [-0.1, -0.05) is 83.1 Å². The number of phenolic OH excluding ortho intramolecular Hbond substituents is 2. The highest BCUT2D eigenvalue weighted by Crippen LogP contribution is 2.41. The van der Waals surface area contributed by atoms with E-state index in [2.05, 4.69) is 41.5 Å².